The Hall–Kier alpha value is -3.27. The van der Waals surface area contributed by atoms with Gasteiger partial charge in [-0.15, -0.1) is 5.10 Å². The molecule has 0 aromatic carbocycles. The van der Waals surface area contributed by atoms with Gasteiger partial charge in [-0.25, -0.2) is 18.4 Å². The number of piperidine rings is 1. The zero-order chi connectivity index (χ0) is 20.0. The lowest BCUT2D eigenvalue weighted by atomic mass is 10.0. The summed E-state index contributed by atoms with van der Waals surface area (Å²) in [6.45, 7) is 1.23. The molecule has 0 unspecified atom stereocenters. The Kier molecular flexibility index (Phi) is 4.27. The van der Waals surface area contributed by atoms with Crippen molar-refractivity contribution in [3.8, 4) is 17.0 Å². The van der Waals surface area contributed by atoms with Gasteiger partial charge in [0.15, 0.2) is 5.65 Å². The number of ether oxygens (including phenoxy) is 1. The number of likely N-dealkylation sites (tertiary alicyclic amines) is 1. The normalized spacial score (nSPS) is 20.4. The van der Waals surface area contributed by atoms with Crippen LogP contribution in [0.25, 0.3) is 22.3 Å². The van der Waals surface area contributed by atoms with E-state index in [1.165, 1.54) is 6.33 Å². The summed E-state index contributed by atoms with van der Waals surface area (Å²) in [6, 6.07) is 5.53. The summed E-state index contributed by atoms with van der Waals surface area (Å²) >= 11 is 0. The SMILES string of the molecule is COc1nc(N[C@@H]2CCN(C)C[C@@H]2F)nn2ccc(-c3ccn4ncnc4c3)c12. The summed E-state index contributed by atoms with van der Waals surface area (Å²) in [7, 11) is 3.49. The van der Waals surface area contributed by atoms with Crippen molar-refractivity contribution in [3.05, 3.63) is 36.9 Å². The van der Waals surface area contributed by atoms with E-state index in [1.807, 2.05) is 42.5 Å². The van der Waals surface area contributed by atoms with Gasteiger partial charge in [0, 0.05) is 31.0 Å². The van der Waals surface area contributed by atoms with E-state index in [1.54, 1.807) is 16.1 Å². The number of nitrogens with zero attached hydrogens (tertiary/aromatic N) is 7. The van der Waals surface area contributed by atoms with Crippen LogP contribution in [0.3, 0.4) is 0 Å². The third kappa shape index (κ3) is 3.15. The first-order chi connectivity index (χ1) is 14.1. The van der Waals surface area contributed by atoms with Crippen LogP contribution in [-0.4, -0.2) is 73.6 Å². The topological polar surface area (TPSA) is 84.9 Å². The highest BCUT2D eigenvalue weighted by atomic mass is 19.1. The number of hydrogen-bond donors (Lipinski definition) is 1. The molecule has 1 fully saturated rings. The van der Waals surface area contributed by atoms with Crippen molar-refractivity contribution in [1.29, 1.82) is 0 Å². The second-order valence-corrected chi connectivity index (χ2v) is 7.26. The molecule has 0 spiro atoms. The summed E-state index contributed by atoms with van der Waals surface area (Å²) < 4.78 is 23.4. The predicted octanol–water partition coefficient (Wildman–Crippen LogP) is 1.90. The van der Waals surface area contributed by atoms with Crippen molar-refractivity contribution < 1.29 is 9.13 Å². The maximum Gasteiger partial charge on any atom is 0.244 e. The fourth-order valence-electron chi connectivity index (χ4n) is 3.80. The van der Waals surface area contributed by atoms with Gasteiger partial charge in [0.05, 0.1) is 13.2 Å². The van der Waals surface area contributed by atoms with Gasteiger partial charge in [-0.3, -0.25) is 0 Å². The minimum Gasteiger partial charge on any atom is -0.479 e. The van der Waals surface area contributed by atoms with Crippen LogP contribution >= 0.6 is 0 Å². The van der Waals surface area contributed by atoms with Gasteiger partial charge in [0.2, 0.25) is 11.8 Å². The highest BCUT2D eigenvalue weighted by molar-refractivity contribution is 5.85. The second-order valence-electron chi connectivity index (χ2n) is 7.26. The zero-order valence-corrected chi connectivity index (χ0v) is 16.2. The third-order valence-corrected chi connectivity index (χ3v) is 5.32. The van der Waals surface area contributed by atoms with Gasteiger partial charge in [-0.1, -0.05) is 0 Å². The Morgan fingerprint density at radius 3 is 2.93 bits per heavy atom. The van der Waals surface area contributed by atoms with Gasteiger partial charge >= 0.3 is 0 Å². The summed E-state index contributed by atoms with van der Waals surface area (Å²) in [4.78, 5) is 10.7. The molecule has 0 aliphatic carbocycles. The molecular weight excluding hydrogens is 375 g/mol. The first kappa shape index (κ1) is 17.8. The Balaban J connectivity index is 1.52. The van der Waals surface area contributed by atoms with Crippen LogP contribution in [0.15, 0.2) is 36.9 Å². The average molecular weight is 396 g/mol. The van der Waals surface area contributed by atoms with E-state index < -0.39 is 6.17 Å². The molecule has 0 saturated carbocycles. The Morgan fingerprint density at radius 2 is 2.10 bits per heavy atom. The van der Waals surface area contributed by atoms with Crippen molar-refractivity contribution in [2.45, 2.75) is 18.6 Å². The Labute approximate surface area is 166 Å². The number of hydrogen-bond acceptors (Lipinski definition) is 7. The van der Waals surface area contributed by atoms with Gasteiger partial charge in [-0.2, -0.15) is 10.1 Å². The molecular formula is C19H21FN8O. The van der Waals surface area contributed by atoms with Gasteiger partial charge in [-0.05, 0) is 37.2 Å². The molecule has 29 heavy (non-hydrogen) atoms. The van der Waals surface area contributed by atoms with Crippen LogP contribution < -0.4 is 10.1 Å². The molecule has 5 heterocycles. The van der Waals surface area contributed by atoms with E-state index >= 15 is 0 Å². The lowest BCUT2D eigenvalue weighted by Gasteiger charge is -2.32. The number of methoxy groups -OCH3 is 1. The molecule has 2 atom stereocenters. The van der Waals surface area contributed by atoms with Gasteiger partial charge in [0.1, 0.15) is 18.0 Å². The zero-order valence-electron chi connectivity index (χ0n) is 16.2. The molecule has 150 valence electrons. The molecule has 0 amide bonds. The van der Waals surface area contributed by atoms with Crippen LogP contribution in [0.2, 0.25) is 0 Å². The molecule has 1 saturated heterocycles. The quantitative estimate of drug-likeness (QED) is 0.564. The fraction of sp³-hybridized carbons (Fsp3) is 0.368. The van der Waals surface area contributed by atoms with E-state index in [0.29, 0.717) is 24.8 Å². The number of alkyl halides is 1. The molecule has 5 rings (SSSR count). The smallest absolute Gasteiger partial charge is 0.244 e. The fourth-order valence-corrected chi connectivity index (χ4v) is 3.80. The lowest BCUT2D eigenvalue weighted by Crippen LogP contribution is -2.46. The number of fused-ring (bicyclic) bond motifs is 2. The average Bonchev–Trinajstić information content (AvgIpc) is 3.35. The highest BCUT2D eigenvalue weighted by Crippen LogP contribution is 2.32. The number of anilines is 1. The molecule has 10 heteroatoms. The number of rotatable bonds is 4. The largest absolute Gasteiger partial charge is 0.479 e. The number of nitrogens with one attached hydrogen (secondary N) is 1. The number of pyridine rings is 1. The monoisotopic (exact) mass is 396 g/mol. The van der Waals surface area contributed by atoms with E-state index in [4.69, 9.17) is 4.74 Å². The van der Waals surface area contributed by atoms with Crippen LogP contribution in [0, 0.1) is 0 Å². The van der Waals surface area contributed by atoms with Crippen LogP contribution in [0.1, 0.15) is 6.42 Å². The van der Waals surface area contributed by atoms with Crippen LogP contribution in [0.4, 0.5) is 10.3 Å². The molecule has 0 bridgehead atoms. The first-order valence-electron chi connectivity index (χ1n) is 9.44. The van der Waals surface area contributed by atoms with E-state index in [0.717, 1.165) is 28.8 Å². The molecule has 4 aromatic rings. The third-order valence-electron chi connectivity index (χ3n) is 5.32. The minimum absolute atomic E-state index is 0.321. The molecule has 4 aromatic heterocycles. The van der Waals surface area contributed by atoms with Crippen molar-refractivity contribution in [3.63, 3.8) is 0 Å². The van der Waals surface area contributed by atoms with Crippen LogP contribution in [0.5, 0.6) is 5.88 Å². The standard InChI is InChI=1S/C19H21FN8O/c1-26-6-5-15(14(20)10-26)23-19-24-18(29-2)17-13(4-8-28(17)25-19)12-3-7-27-16(9-12)21-11-22-27/h3-4,7-9,11,14-15H,5-6,10H2,1-2H3,(H,23,25)/t14-,15+/m0/s1. The molecule has 0 radical (unpaired) electrons. The van der Waals surface area contributed by atoms with Gasteiger partial charge < -0.3 is 15.0 Å². The summed E-state index contributed by atoms with van der Waals surface area (Å²) in [5, 5.41) is 11.8. The maximum absolute atomic E-state index is 14.4. The summed E-state index contributed by atoms with van der Waals surface area (Å²) in [5.41, 5.74) is 3.36. The summed E-state index contributed by atoms with van der Waals surface area (Å²) in [5.74, 6) is 0.772. The van der Waals surface area contributed by atoms with Gasteiger partial charge in [0.25, 0.3) is 0 Å². The summed E-state index contributed by atoms with van der Waals surface area (Å²) in [6.07, 6.45) is 4.92. The van der Waals surface area contributed by atoms with E-state index in [9.17, 15) is 4.39 Å². The van der Waals surface area contributed by atoms with Crippen molar-refractivity contribution in [1.82, 2.24) is 34.1 Å². The number of aromatic nitrogens is 6. The molecule has 1 N–H and O–H groups in total. The first-order valence-corrected chi connectivity index (χ1v) is 9.44. The molecule has 1 aliphatic rings. The molecule has 9 nitrogen and oxygen atoms in total. The predicted molar refractivity (Wildman–Crippen MR) is 106 cm³/mol. The minimum atomic E-state index is -0.978. The Bertz CT molecular complexity index is 1170. The highest BCUT2D eigenvalue weighted by Gasteiger charge is 2.28. The van der Waals surface area contributed by atoms with E-state index in [-0.39, 0.29) is 6.04 Å². The van der Waals surface area contributed by atoms with Crippen molar-refractivity contribution in [2.24, 2.45) is 0 Å². The van der Waals surface area contributed by atoms with Crippen molar-refractivity contribution in [2.75, 3.05) is 32.6 Å². The van der Waals surface area contributed by atoms with Crippen molar-refractivity contribution >= 4 is 17.1 Å². The van der Waals surface area contributed by atoms with E-state index in [2.05, 4.69) is 25.5 Å². The number of halogens is 1. The maximum atomic E-state index is 14.4. The molecule has 1 aliphatic heterocycles. The Morgan fingerprint density at radius 1 is 1.24 bits per heavy atom. The lowest BCUT2D eigenvalue weighted by molar-refractivity contribution is 0.149. The second kappa shape index (κ2) is 6.96. The van der Waals surface area contributed by atoms with Crippen LogP contribution in [-0.2, 0) is 0 Å².